The number of nitrogens with zero attached hydrogens (tertiary/aromatic N) is 1. The van der Waals surface area contributed by atoms with E-state index in [1.165, 1.54) is 0 Å². The second kappa shape index (κ2) is 2.69. The van der Waals surface area contributed by atoms with Crippen LogP contribution in [0.2, 0.25) is 0 Å². The highest BCUT2D eigenvalue weighted by Crippen LogP contribution is 2.37. The van der Waals surface area contributed by atoms with Crippen molar-refractivity contribution >= 4 is 0 Å². The number of aliphatic hydroxyl groups excluding tert-OH is 1. The summed E-state index contributed by atoms with van der Waals surface area (Å²) in [6.45, 7) is 5.42. The van der Waals surface area contributed by atoms with E-state index in [0.29, 0.717) is 12.0 Å². The van der Waals surface area contributed by atoms with Gasteiger partial charge < -0.3 is 10.8 Å². The number of piperidine rings is 1. The zero-order chi connectivity index (χ0) is 8.88. The van der Waals surface area contributed by atoms with Gasteiger partial charge in [0.05, 0.1) is 12.1 Å². The molecule has 0 radical (unpaired) electrons. The molecule has 0 aromatic carbocycles. The maximum absolute atomic E-state index is 9.69. The van der Waals surface area contributed by atoms with Gasteiger partial charge in [-0.2, -0.15) is 0 Å². The predicted molar refractivity (Wildman–Crippen MR) is 47.7 cm³/mol. The van der Waals surface area contributed by atoms with Gasteiger partial charge in [-0.25, -0.2) is 0 Å². The molecule has 1 aliphatic carbocycles. The van der Waals surface area contributed by atoms with Gasteiger partial charge in [-0.05, 0) is 26.2 Å². The molecule has 2 fully saturated rings. The molecule has 2 bridgehead atoms. The highest BCUT2D eigenvalue weighted by atomic mass is 16.3. The SMILES string of the molecule is CC(C)N1C[C@H]2C[C@H](O)[C@@H]1[C@@H]2N. The molecule has 0 aromatic rings. The third-order valence-electron chi connectivity index (χ3n) is 3.37. The molecule has 2 rings (SSSR count). The van der Waals surface area contributed by atoms with Gasteiger partial charge in [0, 0.05) is 18.6 Å². The normalized spacial score (nSPS) is 47.8. The van der Waals surface area contributed by atoms with Crippen LogP contribution in [-0.4, -0.2) is 40.8 Å². The quantitative estimate of drug-likeness (QED) is 0.572. The monoisotopic (exact) mass is 170 g/mol. The molecule has 0 unspecified atom stereocenters. The minimum Gasteiger partial charge on any atom is -0.391 e. The molecular formula is C9H18N2O. The van der Waals surface area contributed by atoms with Gasteiger partial charge in [0.2, 0.25) is 0 Å². The van der Waals surface area contributed by atoms with Crippen LogP contribution in [0, 0.1) is 5.92 Å². The van der Waals surface area contributed by atoms with Gasteiger partial charge in [-0.3, -0.25) is 4.90 Å². The molecule has 70 valence electrons. The van der Waals surface area contributed by atoms with Crippen molar-refractivity contribution in [1.29, 1.82) is 0 Å². The first-order valence-electron chi connectivity index (χ1n) is 4.80. The Kier molecular flexibility index (Phi) is 1.90. The van der Waals surface area contributed by atoms with Crippen LogP contribution in [0.1, 0.15) is 20.3 Å². The summed E-state index contributed by atoms with van der Waals surface area (Å²) in [6.07, 6.45) is 0.732. The van der Waals surface area contributed by atoms with Gasteiger partial charge in [0.1, 0.15) is 0 Å². The standard InChI is InChI=1S/C9H18N2O/c1-5(2)11-4-6-3-7(12)9(11)8(6)10/h5-9,12H,3-4,10H2,1-2H3/t6-,7+,8-,9-/m1/s1. The van der Waals surface area contributed by atoms with Crippen LogP contribution >= 0.6 is 0 Å². The molecule has 1 aliphatic heterocycles. The second-order valence-corrected chi connectivity index (χ2v) is 4.42. The molecule has 3 nitrogen and oxygen atoms in total. The maximum Gasteiger partial charge on any atom is 0.0714 e. The Bertz CT molecular complexity index is 183. The second-order valence-electron chi connectivity index (χ2n) is 4.42. The fourth-order valence-electron chi connectivity index (χ4n) is 2.73. The summed E-state index contributed by atoms with van der Waals surface area (Å²) in [5.41, 5.74) is 6.00. The smallest absolute Gasteiger partial charge is 0.0714 e. The zero-order valence-corrected chi connectivity index (χ0v) is 7.77. The molecule has 3 N–H and O–H groups in total. The third-order valence-corrected chi connectivity index (χ3v) is 3.37. The third kappa shape index (κ3) is 1.00. The molecule has 0 amide bonds. The summed E-state index contributed by atoms with van der Waals surface area (Å²) in [5, 5.41) is 9.69. The van der Waals surface area contributed by atoms with E-state index in [1.54, 1.807) is 0 Å². The average Bonchev–Trinajstić information content (AvgIpc) is 2.42. The molecule has 1 saturated carbocycles. The van der Waals surface area contributed by atoms with Gasteiger partial charge in [-0.15, -0.1) is 0 Å². The van der Waals surface area contributed by atoms with Crippen LogP contribution in [0.15, 0.2) is 0 Å². The summed E-state index contributed by atoms with van der Waals surface area (Å²) in [7, 11) is 0. The van der Waals surface area contributed by atoms with E-state index in [0.717, 1.165) is 13.0 Å². The number of fused-ring (bicyclic) bond motifs is 2. The minimum atomic E-state index is -0.179. The Morgan fingerprint density at radius 1 is 1.50 bits per heavy atom. The number of likely N-dealkylation sites (tertiary alicyclic amines) is 1. The predicted octanol–water partition coefficient (Wildman–Crippen LogP) is -0.213. The average molecular weight is 170 g/mol. The first-order valence-corrected chi connectivity index (χ1v) is 4.80. The Morgan fingerprint density at radius 2 is 2.17 bits per heavy atom. The van der Waals surface area contributed by atoms with Crippen LogP contribution in [0.5, 0.6) is 0 Å². The first kappa shape index (κ1) is 8.48. The van der Waals surface area contributed by atoms with E-state index in [4.69, 9.17) is 5.73 Å². The van der Waals surface area contributed by atoms with E-state index in [2.05, 4.69) is 18.7 Å². The van der Waals surface area contributed by atoms with Crippen LogP contribution in [0.25, 0.3) is 0 Å². The van der Waals surface area contributed by atoms with Crippen molar-refractivity contribution in [3.8, 4) is 0 Å². The van der Waals surface area contributed by atoms with E-state index in [9.17, 15) is 5.11 Å². The van der Waals surface area contributed by atoms with Crippen LogP contribution in [0.3, 0.4) is 0 Å². The van der Waals surface area contributed by atoms with Crippen molar-refractivity contribution in [2.75, 3.05) is 6.54 Å². The zero-order valence-electron chi connectivity index (χ0n) is 7.77. The molecule has 12 heavy (non-hydrogen) atoms. The molecule has 4 atom stereocenters. The number of hydrogen-bond donors (Lipinski definition) is 2. The van der Waals surface area contributed by atoms with E-state index < -0.39 is 0 Å². The Balaban J connectivity index is 2.14. The van der Waals surface area contributed by atoms with Crippen LogP contribution in [-0.2, 0) is 0 Å². The maximum atomic E-state index is 9.69. The molecule has 1 saturated heterocycles. The van der Waals surface area contributed by atoms with Crippen molar-refractivity contribution in [2.24, 2.45) is 11.7 Å². The van der Waals surface area contributed by atoms with E-state index in [1.807, 2.05) is 0 Å². The number of rotatable bonds is 1. The number of nitrogens with two attached hydrogens (primary N) is 1. The lowest BCUT2D eigenvalue weighted by molar-refractivity contribution is 0.0390. The fraction of sp³-hybridized carbons (Fsp3) is 1.00. The van der Waals surface area contributed by atoms with Crippen molar-refractivity contribution in [1.82, 2.24) is 4.90 Å². The highest BCUT2D eigenvalue weighted by Gasteiger charge is 2.50. The summed E-state index contributed by atoms with van der Waals surface area (Å²) in [6, 6.07) is 0.957. The lowest BCUT2D eigenvalue weighted by Crippen LogP contribution is -2.48. The molecule has 1 heterocycles. The van der Waals surface area contributed by atoms with E-state index in [-0.39, 0.29) is 18.2 Å². The minimum absolute atomic E-state index is 0.179. The number of aliphatic hydroxyl groups is 1. The Labute approximate surface area is 73.5 Å². The Hall–Kier alpha value is -0.120. The Morgan fingerprint density at radius 3 is 2.50 bits per heavy atom. The summed E-state index contributed by atoms with van der Waals surface area (Å²) in [4.78, 5) is 2.34. The molecule has 3 heteroatoms. The fourth-order valence-corrected chi connectivity index (χ4v) is 2.73. The highest BCUT2D eigenvalue weighted by molar-refractivity contribution is 5.07. The van der Waals surface area contributed by atoms with Gasteiger partial charge >= 0.3 is 0 Å². The molecule has 0 spiro atoms. The van der Waals surface area contributed by atoms with Crippen molar-refractivity contribution in [3.63, 3.8) is 0 Å². The molecule has 0 aromatic heterocycles. The van der Waals surface area contributed by atoms with Crippen LogP contribution < -0.4 is 5.73 Å². The summed E-state index contributed by atoms with van der Waals surface area (Å²) < 4.78 is 0. The largest absolute Gasteiger partial charge is 0.391 e. The van der Waals surface area contributed by atoms with Gasteiger partial charge in [0.25, 0.3) is 0 Å². The van der Waals surface area contributed by atoms with Crippen molar-refractivity contribution < 1.29 is 5.11 Å². The summed E-state index contributed by atoms with van der Waals surface area (Å²) >= 11 is 0. The molecule has 2 aliphatic rings. The van der Waals surface area contributed by atoms with Gasteiger partial charge in [-0.1, -0.05) is 0 Å². The van der Waals surface area contributed by atoms with Crippen LogP contribution in [0.4, 0.5) is 0 Å². The van der Waals surface area contributed by atoms with E-state index >= 15 is 0 Å². The lowest BCUT2D eigenvalue weighted by Gasteiger charge is -2.33. The molecular weight excluding hydrogens is 152 g/mol. The lowest BCUT2D eigenvalue weighted by atomic mass is 10.1. The van der Waals surface area contributed by atoms with Gasteiger partial charge in [0.15, 0.2) is 0 Å². The van der Waals surface area contributed by atoms with Crippen molar-refractivity contribution in [2.45, 2.75) is 44.5 Å². The topological polar surface area (TPSA) is 49.5 Å². The summed E-state index contributed by atoms with van der Waals surface area (Å²) in [5.74, 6) is 0.535. The first-order chi connectivity index (χ1) is 5.61. The van der Waals surface area contributed by atoms with Crippen molar-refractivity contribution in [3.05, 3.63) is 0 Å². The number of hydrogen-bond acceptors (Lipinski definition) is 3.